The lowest BCUT2D eigenvalue weighted by molar-refractivity contribution is 0.389. The van der Waals surface area contributed by atoms with Gasteiger partial charge in [0.2, 0.25) is 0 Å². The molecule has 1 aliphatic carbocycles. The molecule has 0 radical (unpaired) electrons. The fourth-order valence-electron chi connectivity index (χ4n) is 3.12. The molecule has 1 aromatic carbocycles. The zero-order chi connectivity index (χ0) is 13.9. The highest BCUT2D eigenvalue weighted by molar-refractivity contribution is 7.10. The van der Waals surface area contributed by atoms with Gasteiger partial charge in [0, 0.05) is 6.04 Å². The molecule has 1 heterocycles. The van der Waals surface area contributed by atoms with E-state index in [9.17, 15) is 0 Å². The Hall–Kier alpha value is -1.32. The molecule has 1 aromatic heterocycles. The van der Waals surface area contributed by atoms with Gasteiger partial charge < -0.3 is 10.1 Å². The molecule has 3 rings (SSSR count). The van der Waals surface area contributed by atoms with E-state index >= 15 is 0 Å². The van der Waals surface area contributed by atoms with Gasteiger partial charge in [0.15, 0.2) is 0 Å². The van der Waals surface area contributed by atoms with E-state index in [2.05, 4.69) is 48.0 Å². The SMILES string of the molecule is CCNC(CC1Cc2ccccc21)c1sccc1OC. The molecule has 0 amide bonds. The summed E-state index contributed by atoms with van der Waals surface area (Å²) >= 11 is 1.79. The Labute approximate surface area is 124 Å². The van der Waals surface area contributed by atoms with Gasteiger partial charge in [0.25, 0.3) is 0 Å². The second-order valence-corrected chi connectivity index (χ2v) is 6.25. The number of ether oxygens (including phenoxy) is 1. The Morgan fingerprint density at radius 1 is 1.35 bits per heavy atom. The predicted octanol–water partition coefficient (Wildman–Crippen LogP) is 4.14. The van der Waals surface area contributed by atoms with Gasteiger partial charge in [-0.15, -0.1) is 11.3 Å². The van der Waals surface area contributed by atoms with Crippen LogP contribution in [0.25, 0.3) is 0 Å². The maximum Gasteiger partial charge on any atom is 0.134 e. The van der Waals surface area contributed by atoms with Crippen LogP contribution >= 0.6 is 11.3 Å². The van der Waals surface area contributed by atoms with Crippen molar-refractivity contribution in [1.29, 1.82) is 0 Å². The largest absolute Gasteiger partial charge is 0.496 e. The van der Waals surface area contributed by atoms with Crippen molar-refractivity contribution in [3.05, 3.63) is 51.7 Å². The number of benzene rings is 1. The summed E-state index contributed by atoms with van der Waals surface area (Å²) in [6.45, 7) is 3.15. The minimum Gasteiger partial charge on any atom is -0.496 e. The van der Waals surface area contributed by atoms with E-state index in [-0.39, 0.29) is 0 Å². The molecule has 20 heavy (non-hydrogen) atoms. The third-order valence-corrected chi connectivity index (χ3v) is 5.14. The van der Waals surface area contributed by atoms with Crippen LogP contribution in [0.1, 0.15) is 41.3 Å². The standard InChI is InChI=1S/C17H21NOS/c1-3-18-15(17-16(19-2)8-9-20-17)11-13-10-12-6-4-5-7-14(12)13/h4-9,13,15,18H,3,10-11H2,1-2H3. The summed E-state index contributed by atoms with van der Waals surface area (Å²) in [6, 6.07) is 11.3. The molecule has 1 aliphatic rings. The summed E-state index contributed by atoms with van der Waals surface area (Å²) in [5.74, 6) is 1.70. The Kier molecular flexibility index (Phi) is 4.08. The number of fused-ring (bicyclic) bond motifs is 1. The summed E-state index contributed by atoms with van der Waals surface area (Å²) in [4.78, 5) is 1.33. The van der Waals surface area contributed by atoms with Gasteiger partial charge in [-0.2, -0.15) is 0 Å². The van der Waals surface area contributed by atoms with Crippen molar-refractivity contribution in [2.45, 2.75) is 31.7 Å². The molecular formula is C17H21NOS. The molecule has 2 unspecified atom stereocenters. The van der Waals surface area contributed by atoms with Crippen molar-refractivity contribution in [2.24, 2.45) is 0 Å². The van der Waals surface area contributed by atoms with E-state index in [1.165, 1.54) is 22.4 Å². The topological polar surface area (TPSA) is 21.3 Å². The lowest BCUT2D eigenvalue weighted by atomic mass is 9.74. The summed E-state index contributed by atoms with van der Waals surface area (Å²) in [5, 5.41) is 5.74. The highest BCUT2D eigenvalue weighted by Gasteiger charge is 2.29. The normalized spacial score (nSPS) is 18.2. The molecular weight excluding hydrogens is 266 g/mol. The van der Waals surface area contributed by atoms with Crippen LogP contribution in [0.15, 0.2) is 35.7 Å². The molecule has 2 aromatic rings. The van der Waals surface area contributed by atoms with E-state index < -0.39 is 0 Å². The van der Waals surface area contributed by atoms with Crippen LogP contribution in [-0.2, 0) is 6.42 Å². The molecule has 3 heteroatoms. The van der Waals surface area contributed by atoms with Gasteiger partial charge in [-0.3, -0.25) is 0 Å². The molecule has 2 atom stereocenters. The first-order valence-corrected chi connectivity index (χ1v) is 8.14. The van der Waals surface area contributed by atoms with Crippen LogP contribution < -0.4 is 10.1 Å². The lowest BCUT2D eigenvalue weighted by Gasteiger charge is -2.33. The Morgan fingerprint density at radius 3 is 2.95 bits per heavy atom. The molecule has 0 fully saturated rings. The minimum absolute atomic E-state index is 0.397. The summed E-state index contributed by atoms with van der Waals surface area (Å²) in [5.41, 5.74) is 3.05. The molecule has 0 aliphatic heterocycles. The third kappa shape index (κ3) is 2.48. The van der Waals surface area contributed by atoms with Crippen LogP contribution in [-0.4, -0.2) is 13.7 Å². The molecule has 1 N–H and O–H groups in total. The number of rotatable bonds is 6. The summed E-state index contributed by atoms with van der Waals surface area (Å²) < 4.78 is 5.49. The van der Waals surface area contributed by atoms with Crippen molar-refractivity contribution in [1.82, 2.24) is 5.32 Å². The van der Waals surface area contributed by atoms with Gasteiger partial charge in [0.05, 0.1) is 12.0 Å². The first kappa shape index (κ1) is 13.7. The average molecular weight is 287 g/mol. The first-order chi connectivity index (χ1) is 9.83. The summed E-state index contributed by atoms with van der Waals surface area (Å²) in [6.07, 6.45) is 2.37. The van der Waals surface area contributed by atoms with Crippen LogP contribution in [0.5, 0.6) is 5.75 Å². The van der Waals surface area contributed by atoms with E-state index in [4.69, 9.17) is 4.74 Å². The van der Waals surface area contributed by atoms with Gasteiger partial charge >= 0.3 is 0 Å². The number of hydrogen-bond donors (Lipinski definition) is 1. The fraction of sp³-hybridized carbons (Fsp3) is 0.412. The number of nitrogens with one attached hydrogen (secondary N) is 1. The quantitative estimate of drug-likeness (QED) is 0.862. The van der Waals surface area contributed by atoms with Crippen molar-refractivity contribution in [2.75, 3.05) is 13.7 Å². The Bertz CT molecular complexity index is 578. The highest BCUT2D eigenvalue weighted by Crippen LogP contribution is 2.43. The number of methoxy groups -OCH3 is 1. The zero-order valence-corrected chi connectivity index (χ0v) is 12.9. The van der Waals surface area contributed by atoms with Gasteiger partial charge in [-0.05, 0) is 47.9 Å². The monoisotopic (exact) mass is 287 g/mol. The van der Waals surface area contributed by atoms with Gasteiger partial charge in [0.1, 0.15) is 5.75 Å². The number of thiophene rings is 1. The Morgan fingerprint density at radius 2 is 2.20 bits per heavy atom. The maximum absolute atomic E-state index is 5.49. The fourth-order valence-corrected chi connectivity index (χ4v) is 4.07. The van der Waals surface area contributed by atoms with Crippen LogP contribution in [0.4, 0.5) is 0 Å². The van der Waals surface area contributed by atoms with Crippen LogP contribution in [0.3, 0.4) is 0 Å². The van der Waals surface area contributed by atoms with Gasteiger partial charge in [-0.1, -0.05) is 31.2 Å². The first-order valence-electron chi connectivity index (χ1n) is 7.26. The van der Waals surface area contributed by atoms with Gasteiger partial charge in [-0.25, -0.2) is 0 Å². The predicted molar refractivity (Wildman–Crippen MR) is 84.8 cm³/mol. The average Bonchev–Trinajstić information content (AvgIpc) is 2.92. The van der Waals surface area contributed by atoms with E-state index in [0.717, 1.165) is 18.7 Å². The molecule has 106 valence electrons. The molecule has 0 saturated heterocycles. The second kappa shape index (κ2) is 5.98. The van der Waals surface area contributed by atoms with Crippen LogP contribution in [0, 0.1) is 0 Å². The lowest BCUT2D eigenvalue weighted by Crippen LogP contribution is -2.26. The Balaban J connectivity index is 1.76. The van der Waals surface area contributed by atoms with Crippen LogP contribution in [0.2, 0.25) is 0 Å². The highest BCUT2D eigenvalue weighted by atomic mass is 32.1. The third-order valence-electron chi connectivity index (χ3n) is 4.13. The van der Waals surface area contributed by atoms with Crippen molar-refractivity contribution in [3.63, 3.8) is 0 Å². The maximum atomic E-state index is 5.49. The molecule has 2 nitrogen and oxygen atoms in total. The van der Waals surface area contributed by atoms with E-state index in [1.807, 2.05) is 0 Å². The number of hydrogen-bond acceptors (Lipinski definition) is 3. The van der Waals surface area contributed by atoms with Crippen molar-refractivity contribution >= 4 is 11.3 Å². The smallest absolute Gasteiger partial charge is 0.134 e. The van der Waals surface area contributed by atoms with E-state index in [1.54, 1.807) is 18.4 Å². The molecule has 0 saturated carbocycles. The van der Waals surface area contributed by atoms with E-state index in [0.29, 0.717) is 12.0 Å². The molecule has 0 spiro atoms. The van der Waals surface area contributed by atoms with Crippen molar-refractivity contribution < 1.29 is 4.74 Å². The minimum atomic E-state index is 0.397. The second-order valence-electron chi connectivity index (χ2n) is 5.30. The zero-order valence-electron chi connectivity index (χ0n) is 12.1. The molecule has 0 bridgehead atoms. The van der Waals surface area contributed by atoms with Crippen molar-refractivity contribution in [3.8, 4) is 5.75 Å². The summed E-state index contributed by atoms with van der Waals surface area (Å²) in [7, 11) is 1.76.